The quantitative estimate of drug-likeness (QED) is 0.818. The number of nitrogens with one attached hydrogen (secondary N) is 1. The second-order valence-electron chi connectivity index (χ2n) is 8.47. The van der Waals surface area contributed by atoms with E-state index in [4.69, 9.17) is 5.10 Å². The smallest absolute Gasteiger partial charge is 0.143 e. The van der Waals surface area contributed by atoms with E-state index in [1.165, 1.54) is 12.1 Å². The first-order chi connectivity index (χ1) is 12.8. The average molecular weight is 367 g/mol. The van der Waals surface area contributed by atoms with Crippen LogP contribution in [0.25, 0.3) is 5.69 Å². The number of Topliss-reactive ketones (excluding diaryl/α,β-unsaturated/α-hetero) is 1. The van der Waals surface area contributed by atoms with E-state index < -0.39 is 0 Å². The van der Waals surface area contributed by atoms with Gasteiger partial charge in [-0.15, -0.1) is 0 Å². The third kappa shape index (κ3) is 2.99. The molecule has 1 aromatic heterocycles. The van der Waals surface area contributed by atoms with Crippen LogP contribution in [0, 0.1) is 24.1 Å². The number of fused-ring (bicyclic) bond motifs is 2. The van der Waals surface area contributed by atoms with Gasteiger partial charge in [-0.3, -0.25) is 4.79 Å². The van der Waals surface area contributed by atoms with Crippen LogP contribution in [0.15, 0.2) is 36.0 Å². The Balaban J connectivity index is 1.89. The first kappa shape index (κ1) is 18.0. The minimum absolute atomic E-state index is 0.116. The molecule has 0 amide bonds. The molecule has 1 aliphatic heterocycles. The number of ketones is 1. The molecule has 2 aliphatic rings. The second-order valence-corrected chi connectivity index (χ2v) is 8.47. The Morgan fingerprint density at radius 2 is 2.00 bits per heavy atom. The summed E-state index contributed by atoms with van der Waals surface area (Å²) in [5, 5.41) is 8.26. The predicted octanol–water partition coefficient (Wildman–Crippen LogP) is 5.13. The molecule has 0 radical (unpaired) electrons. The summed E-state index contributed by atoms with van der Waals surface area (Å²) in [5.74, 6) is 0.967. The topological polar surface area (TPSA) is 46.9 Å². The van der Waals surface area contributed by atoms with Crippen molar-refractivity contribution in [3.05, 3.63) is 53.1 Å². The van der Waals surface area contributed by atoms with E-state index in [0.29, 0.717) is 12.2 Å². The molecule has 27 heavy (non-hydrogen) atoms. The highest BCUT2D eigenvalue weighted by Crippen LogP contribution is 2.49. The lowest BCUT2D eigenvalue weighted by Gasteiger charge is -2.40. The summed E-state index contributed by atoms with van der Waals surface area (Å²) in [5.41, 5.74) is 3.70. The molecule has 4 rings (SSSR count). The van der Waals surface area contributed by atoms with Crippen LogP contribution in [0.3, 0.4) is 0 Å². The first-order valence-electron chi connectivity index (χ1n) is 9.68. The molecule has 1 aromatic carbocycles. The number of hydrogen-bond donors (Lipinski definition) is 1. The Hall–Kier alpha value is -2.43. The zero-order valence-electron chi connectivity index (χ0n) is 16.3. The molecule has 0 spiro atoms. The lowest BCUT2D eigenvalue weighted by Crippen LogP contribution is -2.38. The lowest BCUT2D eigenvalue weighted by molar-refractivity contribution is -0.124. The maximum absolute atomic E-state index is 13.4. The number of aryl methyl sites for hydroxylation is 1. The predicted molar refractivity (Wildman–Crippen MR) is 105 cm³/mol. The zero-order valence-corrected chi connectivity index (χ0v) is 16.3. The minimum Gasteiger partial charge on any atom is -0.343 e. The van der Waals surface area contributed by atoms with E-state index in [1.807, 2.05) is 11.6 Å². The van der Waals surface area contributed by atoms with E-state index in [0.717, 1.165) is 41.3 Å². The summed E-state index contributed by atoms with van der Waals surface area (Å²) < 4.78 is 15.2. The summed E-state index contributed by atoms with van der Waals surface area (Å²) in [7, 11) is 0. The van der Waals surface area contributed by atoms with Gasteiger partial charge in [0.25, 0.3) is 0 Å². The van der Waals surface area contributed by atoms with E-state index in [-0.39, 0.29) is 23.1 Å². The molecule has 142 valence electrons. The molecule has 2 atom stereocenters. The summed E-state index contributed by atoms with van der Waals surface area (Å²) in [4.78, 5) is 13.0. The lowest BCUT2D eigenvalue weighted by atomic mass is 9.67. The number of carbonyl (C=O) groups is 1. The van der Waals surface area contributed by atoms with Gasteiger partial charge in [0.1, 0.15) is 17.4 Å². The zero-order chi connectivity index (χ0) is 19.3. The molecule has 0 unspecified atom stereocenters. The number of benzene rings is 1. The van der Waals surface area contributed by atoms with Crippen molar-refractivity contribution in [1.82, 2.24) is 9.78 Å². The maximum Gasteiger partial charge on any atom is 0.143 e. The summed E-state index contributed by atoms with van der Waals surface area (Å²) in [6.07, 6.45) is 4.73. The van der Waals surface area contributed by atoms with Crippen LogP contribution in [0.4, 0.5) is 10.2 Å². The Morgan fingerprint density at radius 1 is 1.30 bits per heavy atom. The van der Waals surface area contributed by atoms with Gasteiger partial charge >= 0.3 is 0 Å². The fourth-order valence-corrected chi connectivity index (χ4v) is 4.65. The van der Waals surface area contributed by atoms with Gasteiger partial charge < -0.3 is 5.32 Å². The standard InChI is InChI=1S/C22H26FN3O/c1-5-6-16-19-13(2)25-26(15-9-7-14(23)8-10-15)21(19)24-17-11-22(3,4)12-18(27)20(16)17/h7-11,16,20,24H,5-6,12H2,1-4H3/t16-,20+/m1/s1. The van der Waals surface area contributed by atoms with Crippen molar-refractivity contribution in [3.8, 4) is 5.69 Å². The van der Waals surface area contributed by atoms with E-state index in [2.05, 4.69) is 32.2 Å². The van der Waals surface area contributed by atoms with E-state index in [9.17, 15) is 9.18 Å². The molecule has 2 heterocycles. The Morgan fingerprint density at radius 3 is 2.67 bits per heavy atom. The van der Waals surface area contributed by atoms with Crippen molar-refractivity contribution in [2.45, 2.75) is 52.9 Å². The van der Waals surface area contributed by atoms with Gasteiger partial charge in [0.05, 0.1) is 17.3 Å². The SMILES string of the molecule is CCC[C@@H]1c2c(C)nn(-c3ccc(F)cc3)c2NC2=CC(C)(C)CC(=O)[C@H]21. The van der Waals surface area contributed by atoms with Gasteiger partial charge in [-0.05, 0) is 43.0 Å². The van der Waals surface area contributed by atoms with Gasteiger partial charge in [-0.2, -0.15) is 5.10 Å². The van der Waals surface area contributed by atoms with Gasteiger partial charge in [0, 0.05) is 23.6 Å². The Kier molecular flexibility index (Phi) is 4.21. The number of allylic oxidation sites excluding steroid dienone is 2. The molecule has 0 saturated carbocycles. The van der Waals surface area contributed by atoms with Crippen molar-refractivity contribution in [2.24, 2.45) is 11.3 Å². The maximum atomic E-state index is 13.4. The molecular weight excluding hydrogens is 341 g/mol. The highest BCUT2D eigenvalue weighted by Gasteiger charge is 2.44. The molecule has 5 heteroatoms. The minimum atomic E-state index is -0.268. The fourth-order valence-electron chi connectivity index (χ4n) is 4.65. The normalized spacial score (nSPS) is 23.3. The second kappa shape index (κ2) is 6.32. The van der Waals surface area contributed by atoms with Crippen molar-refractivity contribution in [3.63, 3.8) is 0 Å². The molecule has 1 aliphatic carbocycles. The average Bonchev–Trinajstić information content (AvgIpc) is 2.90. The van der Waals surface area contributed by atoms with Gasteiger partial charge in [-0.25, -0.2) is 9.07 Å². The molecule has 0 bridgehead atoms. The summed E-state index contributed by atoms with van der Waals surface area (Å²) in [6.45, 7) is 8.35. The molecular formula is C22H26FN3O. The summed E-state index contributed by atoms with van der Waals surface area (Å²) >= 11 is 0. The van der Waals surface area contributed by atoms with Gasteiger partial charge in [0.15, 0.2) is 0 Å². The number of anilines is 1. The van der Waals surface area contributed by atoms with E-state index >= 15 is 0 Å². The van der Waals surface area contributed by atoms with Crippen molar-refractivity contribution in [1.29, 1.82) is 0 Å². The first-order valence-corrected chi connectivity index (χ1v) is 9.68. The number of hydrogen-bond acceptors (Lipinski definition) is 3. The van der Waals surface area contributed by atoms with Crippen LogP contribution >= 0.6 is 0 Å². The monoisotopic (exact) mass is 367 g/mol. The molecule has 1 N–H and O–H groups in total. The van der Waals surface area contributed by atoms with Crippen LogP contribution in [0.5, 0.6) is 0 Å². The largest absolute Gasteiger partial charge is 0.343 e. The van der Waals surface area contributed by atoms with E-state index in [1.54, 1.807) is 12.1 Å². The molecule has 0 saturated heterocycles. The van der Waals surface area contributed by atoms with Crippen LogP contribution < -0.4 is 5.32 Å². The van der Waals surface area contributed by atoms with Crippen molar-refractivity contribution in [2.75, 3.05) is 5.32 Å². The number of carbonyl (C=O) groups excluding carboxylic acids is 1. The highest BCUT2D eigenvalue weighted by atomic mass is 19.1. The molecule has 4 nitrogen and oxygen atoms in total. The van der Waals surface area contributed by atoms with Crippen LogP contribution in [0.1, 0.15) is 57.2 Å². The van der Waals surface area contributed by atoms with Crippen molar-refractivity contribution < 1.29 is 9.18 Å². The van der Waals surface area contributed by atoms with Crippen LogP contribution in [0.2, 0.25) is 0 Å². The third-order valence-electron chi connectivity index (χ3n) is 5.67. The summed E-state index contributed by atoms with van der Waals surface area (Å²) in [6, 6.07) is 6.35. The molecule has 0 fully saturated rings. The Labute approximate surface area is 159 Å². The van der Waals surface area contributed by atoms with Gasteiger partial charge in [0.2, 0.25) is 0 Å². The van der Waals surface area contributed by atoms with Crippen LogP contribution in [-0.4, -0.2) is 15.6 Å². The molecule has 2 aromatic rings. The van der Waals surface area contributed by atoms with Crippen molar-refractivity contribution >= 4 is 11.6 Å². The van der Waals surface area contributed by atoms with Crippen LogP contribution in [-0.2, 0) is 4.79 Å². The fraction of sp³-hybridized carbons (Fsp3) is 0.455. The number of aromatic nitrogens is 2. The highest BCUT2D eigenvalue weighted by molar-refractivity contribution is 5.89. The number of rotatable bonds is 3. The Bertz CT molecular complexity index is 924. The number of nitrogens with zero attached hydrogens (tertiary/aromatic N) is 2. The van der Waals surface area contributed by atoms with Gasteiger partial charge in [-0.1, -0.05) is 33.3 Å². The third-order valence-corrected chi connectivity index (χ3v) is 5.67. The number of halogens is 1.